The van der Waals surface area contributed by atoms with Gasteiger partial charge in [-0.3, -0.25) is 9.69 Å². The van der Waals surface area contributed by atoms with Gasteiger partial charge in [-0.15, -0.1) is 0 Å². The number of amides is 3. The fourth-order valence-electron chi connectivity index (χ4n) is 3.11. The van der Waals surface area contributed by atoms with Crippen LogP contribution in [0, 0.1) is 6.92 Å². The van der Waals surface area contributed by atoms with Crippen LogP contribution in [0.1, 0.15) is 23.8 Å². The van der Waals surface area contributed by atoms with Crippen molar-refractivity contribution in [2.24, 2.45) is 0 Å². The minimum Gasteiger partial charge on any atom is -0.458 e. The number of aryl methyl sites for hydroxylation is 1. The van der Waals surface area contributed by atoms with E-state index in [1.165, 1.54) is 4.90 Å². The number of benzene rings is 2. The zero-order valence-electron chi connectivity index (χ0n) is 14.1. The van der Waals surface area contributed by atoms with E-state index in [1.807, 2.05) is 61.5 Å². The minimum atomic E-state index is -1.19. The molecular weight excluding hydrogens is 316 g/mol. The molecule has 0 saturated carbocycles. The van der Waals surface area contributed by atoms with Gasteiger partial charge in [-0.25, -0.2) is 4.79 Å². The number of para-hydroxylation sites is 1. The molecule has 5 nitrogen and oxygen atoms in total. The molecule has 5 heteroatoms. The monoisotopic (exact) mass is 334 g/mol. The highest BCUT2D eigenvalue weighted by Crippen LogP contribution is 2.33. The molecule has 4 rings (SSSR count). The first-order valence-electron chi connectivity index (χ1n) is 8.16. The maximum absolute atomic E-state index is 13.0. The van der Waals surface area contributed by atoms with Gasteiger partial charge in [0.1, 0.15) is 11.3 Å². The predicted molar refractivity (Wildman–Crippen MR) is 93.8 cm³/mol. The summed E-state index contributed by atoms with van der Waals surface area (Å²) in [5.74, 6) is 0.135. The number of hydrogen-bond donors (Lipinski definition) is 1. The quantitative estimate of drug-likeness (QED) is 0.743. The topological polar surface area (TPSA) is 62.6 Å². The number of carbonyl (C=O) groups is 2. The smallest absolute Gasteiger partial charge is 0.325 e. The van der Waals surface area contributed by atoms with Crippen LogP contribution in [0.2, 0.25) is 0 Å². The van der Waals surface area contributed by atoms with Gasteiger partial charge in [0, 0.05) is 5.39 Å². The summed E-state index contributed by atoms with van der Waals surface area (Å²) >= 11 is 0. The molecule has 0 aliphatic carbocycles. The predicted octanol–water partition coefficient (Wildman–Crippen LogP) is 3.71. The van der Waals surface area contributed by atoms with E-state index in [-0.39, 0.29) is 12.5 Å². The Morgan fingerprint density at radius 2 is 1.80 bits per heavy atom. The molecule has 1 unspecified atom stereocenters. The molecule has 0 spiro atoms. The molecule has 1 fully saturated rings. The SMILES string of the molecule is Cc1ccc(CN2C(=O)NC(C)(c3cc4ccccc4o3)C2=O)cc1. The van der Waals surface area contributed by atoms with Crippen LogP contribution >= 0.6 is 0 Å². The van der Waals surface area contributed by atoms with Gasteiger partial charge in [0.15, 0.2) is 5.54 Å². The second-order valence-corrected chi connectivity index (χ2v) is 6.58. The average Bonchev–Trinajstić information content (AvgIpc) is 3.13. The summed E-state index contributed by atoms with van der Waals surface area (Å²) in [5.41, 5.74) is 1.54. The van der Waals surface area contributed by atoms with Crippen LogP contribution in [0.15, 0.2) is 59.0 Å². The molecule has 2 aromatic carbocycles. The Bertz CT molecular complexity index is 941. The summed E-state index contributed by atoms with van der Waals surface area (Å²) in [6, 6.07) is 16.7. The van der Waals surface area contributed by atoms with Gasteiger partial charge < -0.3 is 9.73 Å². The molecule has 1 N–H and O–H groups in total. The summed E-state index contributed by atoms with van der Waals surface area (Å²) < 4.78 is 5.83. The molecule has 1 saturated heterocycles. The largest absolute Gasteiger partial charge is 0.458 e. The maximum Gasteiger partial charge on any atom is 0.325 e. The van der Waals surface area contributed by atoms with E-state index in [0.29, 0.717) is 11.3 Å². The van der Waals surface area contributed by atoms with Crippen LogP contribution in [-0.4, -0.2) is 16.8 Å². The molecule has 25 heavy (non-hydrogen) atoms. The van der Waals surface area contributed by atoms with Crippen molar-refractivity contribution in [1.82, 2.24) is 10.2 Å². The first-order valence-corrected chi connectivity index (χ1v) is 8.16. The highest BCUT2D eigenvalue weighted by Gasteiger charge is 2.51. The van der Waals surface area contributed by atoms with Crippen molar-refractivity contribution in [3.05, 3.63) is 71.5 Å². The van der Waals surface area contributed by atoms with Gasteiger partial charge >= 0.3 is 6.03 Å². The second-order valence-electron chi connectivity index (χ2n) is 6.58. The number of hydrogen-bond acceptors (Lipinski definition) is 3. The Kier molecular flexibility index (Phi) is 3.39. The van der Waals surface area contributed by atoms with Crippen molar-refractivity contribution < 1.29 is 14.0 Å². The molecule has 3 amide bonds. The summed E-state index contributed by atoms with van der Waals surface area (Å²) in [4.78, 5) is 26.6. The molecule has 3 aromatic rings. The third-order valence-electron chi connectivity index (χ3n) is 4.65. The van der Waals surface area contributed by atoms with Crippen LogP contribution < -0.4 is 5.32 Å². The van der Waals surface area contributed by atoms with E-state index in [4.69, 9.17) is 4.42 Å². The summed E-state index contributed by atoms with van der Waals surface area (Å²) in [7, 11) is 0. The minimum absolute atomic E-state index is 0.237. The summed E-state index contributed by atoms with van der Waals surface area (Å²) in [6.07, 6.45) is 0. The molecule has 0 radical (unpaired) electrons. The zero-order valence-corrected chi connectivity index (χ0v) is 14.1. The van der Waals surface area contributed by atoms with Gasteiger partial charge in [-0.2, -0.15) is 0 Å². The van der Waals surface area contributed by atoms with E-state index in [9.17, 15) is 9.59 Å². The molecule has 1 aromatic heterocycles. The Morgan fingerprint density at radius 3 is 2.52 bits per heavy atom. The summed E-state index contributed by atoms with van der Waals surface area (Å²) in [6.45, 7) is 3.91. The van der Waals surface area contributed by atoms with Gasteiger partial charge in [-0.1, -0.05) is 48.0 Å². The number of nitrogens with one attached hydrogen (secondary N) is 1. The summed E-state index contributed by atoms with van der Waals surface area (Å²) in [5, 5.41) is 3.68. The highest BCUT2D eigenvalue weighted by molar-refractivity contribution is 6.07. The van der Waals surface area contributed by atoms with E-state index >= 15 is 0 Å². The highest BCUT2D eigenvalue weighted by atomic mass is 16.3. The van der Waals surface area contributed by atoms with Crippen molar-refractivity contribution in [2.75, 3.05) is 0 Å². The second kappa shape index (κ2) is 5.48. The number of fused-ring (bicyclic) bond motifs is 1. The van der Waals surface area contributed by atoms with Gasteiger partial charge in [0.05, 0.1) is 6.54 Å². The number of imide groups is 1. The lowest BCUT2D eigenvalue weighted by Gasteiger charge is -2.19. The van der Waals surface area contributed by atoms with Crippen molar-refractivity contribution in [3.63, 3.8) is 0 Å². The van der Waals surface area contributed by atoms with Crippen molar-refractivity contribution in [1.29, 1.82) is 0 Å². The van der Waals surface area contributed by atoms with Crippen LogP contribution in [0.4, 0.5) is 4.79 Å². The third-order valence-corrected chi connectivity index (χ3v) is 4.65. The van der Waals surface area contributed by atoms with Crippen LogP contribution in [-0.2, 0) is 16.9 Å². The Morgan fingerprint density at radius 1 is 1.08 bits per heavy atom. The number of furan rings is 1. The fraction of sp³-hybridized carbons (Fsp3) is 0.200. The van der Waals surface area contributed by atoms with E-state index in [1.54, 1.807) is 6.92 Å². The van der Waals surface area contributed by atoms with Gasteiger partial charge in [-0.05, 0) is 31.5 Å². The molecular formula is C20H18N2O3. The standard InChI is InChI=1S/C20H18N2O3/c1-13-7-9-14(10-8-13)12-22-18(23)20(2,21-19(22)24)17-11-15-5-3-4-6-16(15)25-17/h3-11H,12H2,1-2H3,(H,21,24). The average molecular weight is 334 g/mol. The van der Waals surface area contributed by atoms with Crippen LogP contribution in [0.5, 0.6) is 0 Å². The van der Waals surface area contributed by atoms with E-state index in [2.05, 4.69) is 5.32 Å². The normalized spacial score (nSPS) is 20.3. The lowest BCUT2D eigenvalue weighted by Crippen LogP contribution is -2.40. The number of rotatable bonds is 3. The molecule has 2 heterocycles. The third kappa shape index (κ3) is 2.48. The molecule has 0 bridgehead atoms. The Balaban J connectivity index is 1.66. The van der Waals surface area contributed by atoms with Crippen LogP contribution in [0.3, 0.4) is 0 Å². The van der Waals surface area contributed by atoms with E-state index < -0.39 is 11.6 Å². The first kappa shape index (κ1) is 15.4. The number of carbonyl (C=O) groups excluding carboxylic acids is 2. The Hall–Kier alpha value is -3.08. The van der Waals surface area contributed by atoms with Crippen molar-refractivity contribution in [3.8, 4) is 0 Å². The maximum atomic E-state index is 13.0. The van der Waals surface area contributed by atoms with Gasteiger partial charge in [0.25, 0.3) is 5.91 Å². The lowest BCUT2D eigenvalue weighted by atomic mass is 9.98. The van der Waals surface area contributed by atoms with E-state index in [0.717, 1.165) is 16.5 Å². The number of nitrogens with zero attached hydrogens (tertiary/aromatic N) is 1. The molecule has 1 atom stereocenters. The van der Waals surface area contributed by atoms with Gasteiger partial charge in [0.2, 0.25) is 0 Å². The first-order chi connectivity index (χ1) is 12.0. The van der Waals surface area contributed by atoms with Crippen molar-refractivity contribution in [2.45, 2.75) is 25.9 Å². The lowest BCUT2D eigenvalue weighted by molar-refractivity contribution is -0.132. The fourth-order valence-corrected chi connectivity index (χ4v) is 3.11. The Labute approximate surface area is 145 Å². The molecule has 1 aliphatic rings. The van der Waals surface area contributed by atoms with Crippen LogP contribution in [0.25, 0.3) is 11.0 Å². The zero-order chi connectivity index (χ0) is 17.6. The number of urea groups is 1. The van der Waals surface area contributed by atoms with Crippen molar-refractivity contribution >= 4 is 22.9 Å². The molecule has 126 valence electrons. The molecule has 1 aliphatic heterocycles.